The van der Waals surface area contributed by atoms with Crippen LogP contribution in [-0.2, 0) is 16.1 Å². The van der Waals surface area contributed by atoms with E-state index in [2.05, 4.69) is 34.7 Å². The highest BCUT2D eigenvalue weighted by molar-refractivity contribution is 5.80. The molecule has 0 saturated heterocycles. The number of carboxylic acids is 1. The Morgan fingerprint density at radius 1 is 0.889 bits per heavy atom. The van der Waals surface area contributed by atoms with Gasteiger partial charge in [0, 0.05) is 11.8 Å². The molecule has 1 heterocycles. The van der Waals surface area contributed by atoms with E-state index in [0.29, 0.717) is 12.4 Å². The highest BCUT2D eigenvalue weighted by atomic mass is 16.7. The van der Waals surface area contributed by atoms with Crippen LogP contribution in [0.5, 0.6) is 5.75 Å². The maximum Gasteiger partial charge on any atom is 0.307 e. The predicted octanol–water partition coefficient (Wildman–Crippen LogP) is 5.78. The quantitative estimate of drug-likeness (QED) is 0.209. The molecule has 0 fully saturated rings. The van der Waals surface area contributed by atoms with Gasteiger partial charge in [-0.1, -0.05) is 72.8 Å². The van der Waals surface area contributed by atoms with E-state index in [-0.39, 0.29) is 13.0 Å². The van der Waals surface area contributed by atoms with E-state index in [9.17, 15) is 4.79 Å². The Hall–Kier alpha value is -4.42. The topological polar surface area (TPSA) is 80.7 Å². The second-order valence-electron chi connectivity index (χ2n) is 8.17. The Bertz CT molecular complexity index is 1300. The molecule has 0 atom stereocenters. The maximum absolute atomic E-state index is 11.1. The van der Waals surface area contributed by atoms with Gasteiger partial charge in [0.25, 0.3) is 0 Å². The van der Waals surface area contributed by atoms with E-state index in [4.69, 9.17) is 14.7 Å². The van der Waals surface area contributed by atoms with Crippen LogP contribution in [0.2, 0.25) is 0 Å². The molecule has 6 heteroatoms. The van der Waals surface area contributed by atoms with Gasteiger partial charge in [-0.2, -0.15) is 0 Å². The molecule has 182 valence electrons. The Kier molecular flexibility index (Phi) is 8.46. The summed E-state index contributed by atoms with van der Waals surface area (Å²) >= 11 is 0. The zero-order valence-corrected chi connectivity index (χ0v) is 20.1. The minimum atomic E-state index is -0.869. The van der Waals surface area contributed by atoms with Gasteiger partial charge in [0.05, 0.1) is 17.8 Å². The lowest BCUT2D eigenvalue weighted by Crippen LogP contribution is -2.18. The Labute approximate surface area is 210 Å². The van der Waals surface area contributed by atoms with Crippen LogP contribution in [0.1, 0.15) is 22.4 Å². The Morgan fingerprint density at radius 2 is 1.64 bits per heavy atom. The van der Waals surface area contributed by atoms with Crippen LogP contribution in [-0.4, -0.2) is 29.3 Å². The lowest BCUT2D eigenvalue weighted by Gasteiger charge is -2.14. The number of hydroxylamine groups is 1. The first-order valence-electron chi connectivity index (χ1n) is 11.7. The van der Waals surface area contributed by atoms with E-state index < -0.39 is 5.97 Å². The van der Waals surface area contributed by atoms with Crippen molar-refractivity contribution >= 4 is 17.7 Å². The number of hydrogen-bond acceptors (Lipinski definition) is 5. The molecule has 3 aromatic carbocycles. The largest absolute Gasteiger partial charge is 0.491 e. The summed E-state index contributed by atoms with van der Waals surface area (Å²) < 4.78 is 5.84. The molecule has 36 heavy (non-hydrogen) atoms. The summed E-state index contributed by atoms with van der Waals surface area (Å²) in [5, 5.41) is 9.07. The number of pyridine rings is 1. The van der Waals surface area contributed by atoms with E-state index in [1.165, 1.54) is 0 Å². The van der Waals surface area contributed by atoms with Gasteiger partial charge in [0.15, 0.2) is 0 Å². The molecule has 6 nitrogen and oxygen atoms in total. The second kappa shape index (κ2) is 12.3. The van der Waals surface area contributed by atoms with Crippen molar-refractivity contribution in [1.82, 2.24) is 10.5 Å². The number of ether oxygens (including phenoxy) is 1. The zero-order chi connectivity index (χ0) is 25.2. The first kappa shape index (κ1) is 24.7. The molecule has 0 radical (unpaired) electrons. The number of hydrogen-bond donors (Lipinski definition) is 2. The molecule has 0 aliphatic rings. The summed E-state index contributed by atoms with van der Waals surface area (Å²) in [6, 6.07) is 29.6. The molecular formula is C30H28N2O4. The van der Waals surface area contributed by atoms with Gasteiger partial charge in [-0.25, -0.2) is 0 Å². The number of nitrogens with one attached hydrogen (secondary N) is 1. The molecule has 0 spiro atoms. The van der Waals surface area contributed by atoms with Crippen LogP contribution in [0.4, 0.5) is 0 Å². The number of carbonyl (C=O) groups is 1. The van der Waals surface area contributed by atoms with Crippen molar-refractivity contribution in [2.75, 3.05) is 13.2 Å². The first-order chi connectivity index (χ1) is 17.6. The number of nitrogens with zero attached hydrogens (tertiary/aromatic N) is 1. The van der Waals surface area contributed by atoms with E-state index in [1.807, 2.05) is 67.6 Å². The average Bonchev–Trinajstić information content (AvgIpc) is 2.91. The summed E-state index contributed by atoms with van der Waals surface area (Å²) in [6.07, 6.45) is 3.64. The fraction of sp³-hybridized carbons (Fsp3) is 0.133. The molecule has 4 aromatic rings. The van der Waals surface area contributed by atoms with Crippen molar-refractivity contribution in [2.24, 2.45) is 0 Å². The third-order valence-corrected chi connectivity index (χ3v) is 5.65. The number of aliphatic carboxylic acids is 1. The van der Waals surface area contributed by atoms with Crippen molar-refractivity contribution in [3.63, 3.8) is 0 Å². The molecule has 0 aliphatic heterocycles. The van der Waals surface area contributed by atoms with Crippen LogP contribution in [0.15, 0.2) is 97.2 Å². The molecule has 2 N–H and O–H groups in total. The van der Waals surface area contributed by atoms with Gasteiger partial charge in [0.2, 0.25) is 0 Å². The second-order valence-corrected chi connectivity index (χ2v) is 8.17. The fourth-order valence-electron chi connectivity index (χ4n) is 3.75. The minimum Gasteiger partial charge on any atom is -0.491 e. The summed E-state index contributed by atoms with van der Waals surface area (Å²) in [5.41, 5.74) is 9.42. The van der Waals surface area contributed by atoms with Gasteiger partial charge in [-0.15, -0.1) is 0 Å². The first-order valence-corrected chi connectivity index (χ1v) is 11.7. The molecule has 4 rings (SSSR count). The Balaban J connectivity index is 1.41. The summed E-state index contributed by atoms with van der Waals surface area (Å²) in [5.74, 6) is -0.218. The molecule has 0 saturated carbocycles. The van der Waals surface area contributed by atoms with Gasteiger partial charge >= 0.3 is 5.97 Å². The lowest BCUT2D eigenvalue weighted by molar-refractivity contribution is -0.136. The highest BCUT2D eigenvalue weighted by Gasteiger charge is 2.09. The molecular weight excluding hydrogens is 452 g/mol. The van der Waals surface area contributed by atoms with Crippen LogP contribution in [0.3, 0.4) is 0 Å². The number of carboxylic acid groups (broad SMARTS) is 1. The summed E-state index contributed by atoms with van der Waals surface area (Å²) in [6.45, 7) is 2.44. The normalized spacial score (nSPS) is 11.2. The third-order valence-electron chi connectivity index (χ3n) is 5.65. The van der Waals surface area contributed by atoms with E-state index in [0.717, 1.165) is 39.2 Å². The molecule has 0 unspecified atom stereocenters. The number of aromatic nitrogens is 1. The van der Waals surface area contributed by atoms with Crippen LogP contribution < -0.4 is 10.2 Å². The molecule has 1 aromatic heterocycles. The lowest BCUT2D eigenvalue weighted by atomic mass is 10.0. The molecule has 0 amide bonds. The van der Waals surface area contributed by atoms with Crippen LogP contribution >= 0.6 is 0 Å². The van der Waals surface area contributed by atoms with Gasteiger partial charge in [-0.05, 0) is 53.5 Å². The third kappa shape index (κ3) is 6.81. The standard InChI is InChI=1S/C30H28N2O4/c1-22-26(20-30(33)34)10-7-12-29(22)35-18-19-36-32-28(21-27-11-5-6-17-31-27)25-15-13-24(14-16-25)23-8-3-2-4-9-23/h2-17,21,32H,18-20H2,1H3,(H,33,34). The Morgan fingerprint density at radius 3 is 2.36 bits per heavy atom. The van der Waals surface area contributed by atoms with Crippen LogP contribution in [0, 0.1) is 6.92 Å². The SMILES string of the molecule is Cc1c(CC(=O)O)cccc1OCCONC(=Cc1ccccn1)c1ccc(-c2ccccc2)cc1. The van der Waals surface area contributed by atoms with Crippen LogP contribution in [0.25, 0.3) is 22.9 Å². The van der Waals surface area contributed by atoms with Gasteiger partial charge in [-0.3, -0.25) is 20.1 Å². The van der Waals surface area contributed by atoms with Crippen molar-refractivity contribution in [3.8, 4) is 16.9 Å². The van der Waals surface area contributed by atoms with Gasteiger partial charge < -0.3 is 9.84 Å². The zero-order valence-electron chi connectivity index (χ0n) is 20.1. The monoisotopic (exact) mass is 480 g/mol. The van der Waals surface area contributed by atoms with E-state index in [1.54, 1.807) is 18.3 Å². The highest BCUT2D eigenvalue weighted by Crippen LogP contribution is 2.23. The predicted molar refractivity (Wildman–Crippen MR) is 141 cm³/mol. The molecule has 0 bridgehead atoms. The van der Waals surface area contributed by atoms with Crippen molar-refractivity contribution in [1.29, 1.82) is 0 Å². The summed E-state index contributed by atoms with van der Waals surface area (Å²) in [7, 11) is 0. The number of benzene rings is 3. The smallest absolute Gasteiger partial charge is 0.307 e. The van der Waals surface area contributed by atoms with Gasteiger partial charge in [0.1, 0.15) is 19.0 Å². The fourth-order valence-corrected chi connectivity index (χ4v) is 3.75. The summed E-state index contributed by atoms with van der Waals surface area (Å²) in [4.78, 5) is 21.2. The average molecular weight is 481 g/mol. The molecule has 0 aliphatic carbocycles. The van der Waals surface area contributed by atoms with Crippen molar-refractivity contribution < 1.29 is 19.5 Å². The van der Waals surface area contributed by atoms with Crippen molar-refractivity contribution in [3.05, 3.63) is 120 Å². The maximum atomic E-state index is 11.1. The van der Waals surface area contributed by atoms with E-state index >= 15 is 0 Å². The van der Waals surface area contributed by atoms with Crippen molar-refractivity contribution in [2.45, 2.75) is 13.3 Å². The number of rotatable bonds is 11. The minimum absolute atomic E-state index is 0.0359.